The Balaban J connectivity index is 1.94. The predicted octanol–water partition coefficient (Wildman–Crippen LogP) is 6.20. The first-order valence-corrected chi connectivity index (χ1v) is 9.48. The van der Waals surface area contributed by atoms with Gasteiger partial charge in [0.05, 0.1) is 5.41 Å². The summed E-state index contributed by atoms with van der Waals surface area (Å²) in [6, 6.07) is 23.5. The summed E-state index contributed by atoms with van der Waals surface area (Å²) >= 11 is 0. The molecule has 0 saturated heterocycles. The molecule has 1 aliphatic rings. The van der Waals surface area contributed by atoms with E-state index in [1.165, 1.54) is 0 Å². The van der Waals surface area contributed by atoms with Crippen LogP contribution in [-0.2, 0) is 11.8 Å². The molecule has 148 valence electrons. The molecule has 0 bridgehead atoms. The molecule has 0 fully saturated rings. The zero-order valence-electron chi connectivity index (χ0n) is 15.7. The van der Waals surface area contributed by atoms with Gasteiger partial charge < -0.3 is 0 Å². The van der Waals surface area contributed by atoms with Gasteiger partial charge in [-0.3, -0.25) is 0 Å². The second-order valence-corrected chi connectivity index (χ2v) is 7.36. The molecule has 0 N–H and O–H groups in total. The topological polar surface area (TPSA) is 12.9 Å². The highest BCUT2D eigenvalue weighted by molar-refractivity contribution is 5.83. The Hall–Kier alpha value is -3.47. The van der Waals surface area contributed by atoms with Crippen molar-refractivity contribution in [2.45, 2.75) is 11.8 Å². The van der Waals surface area contributed by atoms with E-state index in [1.54, 1.807) is 24.3 Å². The summed E-state index contributed by atoms with van der Waals surface area (Å²) in [5.41, 5.74) is 1.42. The van der Waals surface area contributed by atoms with Crippen LogP contribution in [0.1, 0.15) is 22.3 Å². The highest BCUT2D eigenvalue weighted by Gasteiger charge is 2.49. The Morgan fingerprint density at radius 2 is 1.07 bits per heavy atom. The van der Waals surface area contributed by atoms with E-state index < -0.39 is 34.5 Å². The fourth-order valence-electron chi connectivity index (χ4n) is 4.64. The van der Waals surface area contributed by atoms with Crippen LogP contribution in [0.5, 0.6) is 0 Å². The highest BCUT2D eigenvalue weighted by atomic mass is 19.2. The van der Waals surface area contributed by atoms with Gasteiger partial charge in [0.1, 0.15) is 0 Å². The van der Waals surface area contributed by atoms with Crippen molar-refractivity contribution in [3.05, 3.63) is 125 Å². The van der Waals surface area contributed by atoms with Gasteiger partial charge in [-0.05, 0) is 34.2 Å². The lowest BCUT2D eigenvalue weighted by Gasteiger charge is -2.33. The third-order valence-corrected chi connectivity index (χ3v) is 5.80. The second kappa shape index (κ2) is 6.80. The third-order valence-electron chi connectivity index (χ3n) is 5.80. The Morgan fingerprint density at radius 3 is 1.60 bits per heavy atom. The van der Waals surface area contributed by atoms with Gasteiger partial charge in [0, 0.05) is 5.56 Å². The van der Waals surface area contributed by atoms with Crippen LogP contribution in [0.2, 0.25) is 0 Å². The zero-order chi connectivity index (χ0) is 20.9. The Kier molecular flexibility index (Phi) is 4.21. The van der Waals surface area contributed by atoms with Gasteiger partial charge in [-0.15, -0.1) is 0 Å². The minimum absolute atomic E-state index is 0.124. The Labute approximate surface area is 170 Å². The predicted molar refractivity (Wildman–Crippen MR) is 106 cm³/mol. The quantitative estimate of drug-likeness (QED) is 0.292. The summed E-state index contributed by atoms with van der Waals surface area (Å²) < 4.78 is 58.9. The summed E-state index contributed by atoms with van der Waals surface area (Å²) in [5, 5.41) is 0. The molecule has 3 aromatic carbocycles. The summed E-state index contributed by atoms with van der Waals surface area (Å²) in [6.45, 7) is 0. The van der Waals surface area contributed by atoms with E-state index in [1.807, 2.05) is 54.6 Å². The zero-order valence-corrected chi connectivity index (χ0v) is 15.7. The lowest BCUT2D eigenvalue weighted by Crippen LogP contribution is -2.33. The van der Waals surface area contributed by atoms with Crippen LogP contribution in [0.25, 0.3) is 11.1 Å². The van der Waals surface area contributed by atoms with Gasteiger partial charge in [0.25, 0.3) is 11.9 Å². The van der Waals surface area contributed by atoms with Gasteiger partial charge in [-0.2, -0.15) is 13.8 Å². The monoisotopic (exact) mass is 405 g/mol. The van der Waals surface area contributed by atoms with Gasteiger partial charge in [-0.25, -0.2) is 8.78 Å². The number of benzene rings is 3. The average molecular weight is 405 g/mol. The van der Waals surface area contributed by atoms with Crippen molar-refractivity contribution in [1.82, 2.24) is 4.98 Å². The van der Waals surface area contributed by atoms with Crippen LogP contribution in [0.3, 0.4) is 0 Å². The fourth-order valence-corrected chi connectivity index (χ4v) is 4.64. The maximum atomic E-state index is 15.2. The maximum absolute atomic E-state index is 15.2. The third kappa shape index (κ3) is 2.51. The molecule has 0 saturated carbocycles. The van der Waals surface area contributed by atoms with Crippen LogP contribution < -0.4 is 0 Å². The van der Waals surface area contributed by atoms with Gasteiger partial charge in [-0.1, -0.05) is 78.9 Å². The van der Waals surface area contributed by atoms with Crippen molar-refractivity contribution >= 4 is 0 Å². The molecule has 5 heteroatoms. The minimum Gasteiger partial charge on any atom is -0.201 e. The standard InChI is InChI=1S/C25H15F4N/c26-21-20(22(27)24(29)30-23(21)28)25(14-15-8-2-1-3-9-15)18-12-6-4-10-16(18)17-11-5-7-13-19(17)25/h1-13H,14H2. The number of pyridine rings is 1. The van der Waals surface area contributed by atoms with Crippen LogP contribution in [0.4, 0.5) is 17.6 Å². The molecule has 0 aliphatic heterocycles. The molecule has 0 atom stereocenters. The molecular formula is C25H15F4N. The molecule has 30 heavy (non-hydrogen) atoms. The number of hydrogen-bond acceptors (Lipinski definition) is 1. The SMILES string of the molecule is Fc1nc(F)c(F)c(C2(Cc3ccccc3)c3ccccc3-c3ccccc32)c1F. The van der Waals surface area contributed by atoms with Gasteiger partial charge in [0.2, 0.25) is 0 Å². The van der Waals surface area contributed by atoms with Crippen molar-refractivity contribution in [2.24, 2.45) is 0 Å². The molecule has 0 amide bonds. The average Bonchev–Trinajstić information content (AvgIpc) is 3.04. The van der Waals surface area contributed by atoms with Crippen molar-refractivity contribution in [2.75, 3.05) is 0 Å². The summed E-state index contributed by atoms with van der Waals surface area (Å²) in [6.07, 6.45) is 0.124. The van der Waals surface area contributed by atoms with Crippen molar-refractivity contribution < 1.29 is 17.6 Å². The largest absolute Gasteiger partial charge is 0.252 e. The first-order valence-electron chi connectivity index (χ1n) is 9.48. The number of nitrogens with zero attached hydrogens (tertiary/aromatic N) is 1. The van der Waals surface area contributed by atoms with Crippen LogP contribution >= 0.6 is 0 Å². The molecule has 5 rings (SSSR count). The smallest absolute Gasteiger partial charge is 0.201 e. The van der Waals surface area contributed by atoms with E-state index >= 15 is 8.78 Å². The van der Waals surface area contributed by atoms with Crippen molar-refractivity contribution in [1.29, 1.82) is 0 Å². The molecular weight excluding hydrogens is 390 g/mol. The molecule has 1 nitrogen and oxygen atoms in total. The molecule has 1 aliphatic carbocycles. The first kappa shape index (κ1) is 18.6. The van der Waals surface area contributed by atoms with Crippen LogP contribution in [0.15, 0.2) is 78.9 Å². The van der Waals surface area contributed by atoms with Gasteiger partial charge in [0.15, 0.2) is 11.6 Å². The normalized spacial score (nSPS) is 13.7. The lowest BCUT2D eigenvalue weighted by atomic mass is 9.68. The van der Waals surface area contributed by atoms with Crippen LogP contribution in [-0.4, -0.2) is 4.98 Å². The number of aromatic nitrogens is 1. The first-order chi connectivity index (χ1) is 14.5. The van der Waals surface area contributed by atoms with E-state index in [0.717, 1.165) is 16.7 Å². The van der Waals surface area contributed by atoms with Gasteiger partial charge >= 0.3 is 0 Å². The number of rotatable bonds is 3. The van der Waals surface area contributed by atoms with E-state index in [2.05, 4.69) is 4.98 Å². The molecule has 4 aromatic rings. The molecule has 0 spiro atoms. The number of halogens is 4. The second-order valence-electron chi connectivity index (χ2n) is 7.36. The number of fused-ring (bicyclic) bond motifs is 3. The van der Waals surface area contributed by atoms with Crippen LogP contribution in [0, 0.1) is 23.5 Å². The van der Waals surface area contributed by atoms with Crippen molar-refractivity contribution in [3.63, 3.8) is 0 Å². The minimum atomic E-state index is -1.65. The Morgan fingerprint density at radius 1 is 0.600 bits per heavy atom. The highest BCUT2D eigenvalue weighted by Crippen LogP contribution is 2.55. The molecule has 1 aromatic heterocycles. The summed E-state index contributed by atoms with van der Waals surface area (Å²) in [4.78, 5) is 2.77. The van der Waals surface area contributed by atoms with E-state index in [-0.39, 0.29) is 6.42 Å². The van der Waals surface area contributed by atoms with E-state index in [4.69, 9.17) is 0 Å². The lowest BCUT2D eigenvalue weighted by molar-refractivity contribution is 0.377. The van der Waals surface area contributed by atoms with E-state index in [0.29, 0.717) is 11.1 Å². The maximum Gasteiger partial charge on any atom is 0.252 e. The molecule has 0 unspecified atom stereocenters. The Bertz CT molecular complexity index is 1200. The van der Waals surface area contributed by atoms with E-state index in [9.17, 15) is 8.78 Å². The van der Waals surface area contributed by atoms with Crippen molar-refractivity contribution in [3.8, 4) is 11.1 Å². The number of hydrogen-bond donors (Lipinski definition) is 0. The molecule has 0 radical (unpaired) electrons. The summed E-state index contributed by atoms with van der Waals surface area (Å²) in [7, 11) is 0. The molecule has 1 heterocycles. The fraction of sp³-hybridized carbons (Fsp3) is 0.0800. The summed E-state index contributed by atoms with van der Waals surface area (Å²) in [5.74, 6) is -6.26.